The Labute approximate surface area is 133 Å². The molecular formula is C14H28N4O3S. The highest BCUT2D eigenvalue weighted by atomic mass is 32.2. The Hall–Kier alpha value is -0.960. The zero-order valence-corrected chi connectivity index (χ0v) is 15.0. The zero-order chi connectivity index (χ0) is 16.9. The number of aliphatic hydroxyl groups is 1. The van der Waals surface area contributed by atoms with Gasteiger partial charge >= 0.3 is 0 Å². The highest BCUT2D eigenvalue weighted by molar-refractivity contribution is 7.89. The van der Waals surface area contributed by atoms with Crippen molar-refractivity contribution in [2.24, 2.45) is 7.05 Å². The van der Waals surface area contributed by atoms with Gasteiger partial charge in [-0.25, -0.2) is 12.7 Å². The Morgan fingerprint density at radius 3 is 2.32 bits per heavy atom. The fourth-order valence-corrected chi connectivity index (χ4v) is 3.19. The van der Waals surface area contributed by atoms with Crippen LogP contribution in [0.15, 0.2) is 0 Å². The normalized spacial score (nSPS) is 12.5. The molecule has 22 heavy (non-hydrogen) atoms. The summed E-state index contributed by atoms with van der Waals surface area (Å²) in [5.74, 6) is 0.118. The van der Waals surface area contributed by atoms with E-state index in [0.29, 0.717) is 26.1 Å². The van der Waals surface area contributed by atoms with Crippen LogP contribution in [0.25, 0.3) is 0 Å². The number of aliphatic hydroxyl groups excluding tert-OH is 1. The number of aryl methyl sites for hydroxylation is 2. The van der Waals surface area contributed by atoms with Crippen molar-refractivity contribution in [3.8, 4) is 0 Å². The summed E-state index contributed by atoms with van der Waals surface area (Å²) in [6.07, 6.45) is 0.541. The van der Waals surface area contributed by atoms with Crippen LogP contribution < -0.4 is 0 Å². The Kier molecular flexibility index (Phi) is 6.98. The third-order valence-electron chi connectivity index (χ3n) is 3.89. The van der Waals surface area contributed by atoms with E-state index in [4.69, 9.17) is 0 Å². The second-order valence-electron chi connectivity index (χ2n) is 5.72. The first-order valence-corrected chi connectivity index (χ1v) is 9.02. The molecule has 128 valence electrons. The molecule has 0 saturated heterocycles. The highest BCUT2D eigenvalue weighted by Crippen LogP contribution is 2.15. The summed E-state index contributed by atoms with van der Waals surface area (Å²) in [4.78, 5) is 2.07. The van der Waals surface area contributed by atoms with E-state index in [1.54, 1.807) is 14.1 Å². The fourth-order valence-electron chi connectivity index (χ4n) is 2.33. The molecule has 0 aliphatic carbocycles. The molecule has 0 saturated carbocycles. The average Bonchev–Trinajstić information content (AvgIpc) is 2.65. The van der Waals surface area contributed by atoms with Gasteiger partial charge in [0.15, 0.2) is 0 Å². The quantitative estimate of drug-likeness (QED) is 0.694. The molecular weight excluding hydrogens is 304 g/mol. The average molecular weight is 332 g/mol. The summed E-state index contributed by atoms with van der Waals surface area (Å²) in [6.45, 7) is 5.86. The van der Waals surface area contributed by atoms with Crippen LogP contribution in [0.3, 0.4) is 0 Å². The van der Waals surface area contributed by atoms with E-state index in [0.717, 1.165) is 17.0 Å². The lowest BCUT2D eigenvalue weighted by atomic mass is 10.2. The molecule has 1 rings (SSSR count). The molecule has 0 aliphatic rings. The van der Waals surface area contributed by atoms with Crippen molar-refractivity contribution in [2.75, 3.05) is 39.5 Å². The van der Waals surface area contributed by atoms with Gasteiger partial charge in [0.1, 0.15) is 0 Å². The highest BCUT2D eigenvalue weighted by Gasteiger charge is 2.16. The van der Waals surface area contributed by atoms with Crippen molar-refractivity contribution in [3.63, 3.8) is 0 Å². The second kappa shape index (κ2) is 8.05. The summed E-state index contributed by atoms with van der Waals surface area (Å²) in [7, 11) is 1.83. The van der Waals surface area contributed by atoms with E-state index < -0.39 is 10.0 Å². The summed E-state index contributed by atoms with van der Waals surface area (Å²) in [5.41, 5.74) is 3.22. The molecule has 7 nitrogen and oxygen atoms in total. The lowest BCUT2D eigenvalue weighted by molar-refractivity contribution is 0.190. The van der Waals surface area contributed by atoms with Gasteiger partial charge in [-0.05, 0) is 26.8 Å². The molecule has 0 radical (unpaired) electrons. The van der Waals surface area contributed by atoms with Gasteiger partial charge in [-0.3, -0.25) is 9.58 Å². The largest absolute Gasteiger partial charge is 0.395 e. The van der Waals surface area contributed by atoms with Crippen molar-refractivity contribution in [3.05, 3.63) is 17.0 Å². The molecule has 1 aromatic heterocycles. The summed E-state index contributed by atoms with van der Waals surface area (Å²) in [6, 6.07) is 0. The Morgan fingerprint density at radius 1 is 1.23 bits per heavy atom. The van der Waals surface area contributed by atoms with Crippen molar-refractivity contribution >= 4 is 10.0 Å². The van der Waals surface area contributed by atoms with Crippen LogP contribution in [0, 0.1) is 13.8 Å². The zero-order valence-electron chi connectivity index (χ0n) is 14.2. The molecule has 0 bridgehead atoms. The van der Waals surface area contributed by atoms with Gasteiger partial charge in [-0.15, -0.1) is 0 Å². The monoisotopic (exact) mass is 332 g/mol. The maximum absolute atomic E-state index is 11.8. The topological polar surface area (TPSA) is 78.7 Å². The first-order valence-electron chi connectivity index (χ1n) is 7.41. The van der Waals surface area contributed by atoms with Crippen LogP contribution in [0.1, 0.15) is 23.4 Å². The second-order valence-corrected chi connectivity index (χ2v) is 8.03. The van der Waals surface area contributed by atoms with E-state index >= 15 is 0 Å². The van der Waals surface area contributed by atoms with E-state index in [9.17, 15) is 13.5 Å². The Morgan fingerprint density at radius 2 is 1.86 bits per heavy atom. The van der Waals surface area contributed by atoms with Crippen LogP contribution in [0.2, 0.25) is 0 Å². The summed E-state index contributed by atoms with van der Waals surface area (Å²) in [5, 5.41) is 13.6. The number of rotatable bonds is 9. The van der Waals surface area contributed by atoms with Gasteiger partial charge in [0, 0.05) is 45.5 Å². The lowest BCUT2D eigenvalue weighted by Gasteiger charge is -2.22. The molecule has 1 aromatic rings. The standard InChI is InChI=1S/C14H28N4O3S/c1-12-14(13(2)17(5)15-12)11-18(8-9-19)7-6-10-22(20,21)16(3)4/h19H,6-11H2,1-5H3. The molecule has 1 heterocycles. The van der Waals surface area contributed by atoms with E-state index in [2.05, 4.69) is 10.00 Å². The molecule has 0 aliphatic heterocycles. The van der Waals surface area contributed by atoms with Crippen molar-refractivity contribution in [1.82, 2.24) is 19.0 Å². The van der Waals surface area contributed by atoms with Crippen molar-refractivity contribution < 1.29 is 13.5 Å². The van der Waals surface area contributed by atoms with Gasteiger partial charge in [-0.1, -0.05) is 0 Å². The molecule has 0 fully saturated rings. The van der Waals surface area contributed by atoms with Gasteiger partial charge in [0.05, 0.1) is 18.1 Å². The minimum absolute atomic E-state index is 0.0544. The summed E-state index contributed by atoms with van der Waals surface area (Å²) >= 11 is 0. The minimum Gasteiger partial charge on any atom is -0.395 e. The summed E-state index contributed by atoms with van der Waals surface area (Å²) < 4.78 is 26.7. The number of hydrogen-bond donors (Lipinski definition) is 1. The molecule has 0 atom stereocenters. The van der Waals surface area contributed by atoms with Gasteiger partial charge in [0.2, 0.25) is 10.0 Å². The van der Waals surface area contributed by atoms with Crippen LogP contribution in [0.5, 0.6) is 0 Å². The van der Waals surface area contributed by atoms with Crippen LogP contribution >= 0.6 is 0 Å². The van der Waals surface area contributed by atoms with Gasteiger partial charge < -0.3 is 5.11 Å². The fraction of sp³-hybridized carbons (Fsp3) is 0.786. The van der Waals surface area contributed by atoms with E-state index in [1.165, 1.54) is 4.31 Å². The van der Waals surface area contributed by atoms with E-state index in [1.807, 2.05) is 25.6 Å². The SMILES string of the molecule is Cc1nn(C)c(C)c1CN(CCO)CCCS(=O)(=O)N(C)C. The predicted molar refractivity (Wildman–Crippen MR) is 87.1 cm³/mol. The molecule has 0 unspecified atom stereocenters. The first-order chi connectivity index (χ1) is 10.2. The lowest BCUT2D eigenvalue weighted by Crippen LogP contribution is -2.31. The third-order valence-corrected chi connectivity index (χ3v) is 5.81. The number of aromatic nitrogens is 2. The maximum Gasteiger partial charge on any atom is 0.213 e. The molecule has 1 N–H and O–H groups in total. The van der Waals surface area contributed by atoms with Crippen LogP contribution in [-0.4, -0.2) is 72.1 Å². The molecule has 0 amide bonds. The number of hydrogen-bond acceptors (Lipinski definition) is 5. The minimum atomic E-state index is -3.17. The van der Waals surface area contributed by atoms with Crippen LogP contribution in [-0.2, 0) is 23.6 Å². The Balaban J connectivity index is 2.67. The van der Waals surface area contributed by atoms with Crippen molar-refractivity contribution in [2.45, 2.75) is 26.8 Å². The smallest absolute Gasteiger partial charge is 0.213 e. The van der Waals surface area contributed by atoms with Gasteiger partial charge in [0.25, 0.3) is 0 Å². The third kappa shape index (κ3) is 5.05. The number of sulfonamides is 1. The van der Waals surface area contributed by atoms with Crippen LogP contribution in [0.4, 0.5) is 0 Å². The molecule has 8 heteroatoms. The van der Waals surface area contributed by atoms with E-state index in [-0.39, 0.29) is 12.4 Å². The van der Waals surface area contributed by atoms with Gasteiger partial charge in [-0.2, -0.15) is 5.10 Å². The van der Waals surface area contributed by atoms with Crippen molar-refractivity contribution in [1.29, 1.82) is 0 Å². The number of nitrogens with zero attached hydrogens (tertiary/aromatic N) is 4. The first kappa shape index (κ1) is 19.1. The molecule has 0 spiro atoms. The Bertz CT molecular complexity index is 581. The predicted octanol–water partition coefficient (Wildman–Crippen LogP) is 0.113. The molecule has 0 aromatic carbocycles. The maximum atomic E-state index is 11.8.